The largest absolute Gasteiger partial charge is 0.467 e. The number of carbonyl (C=O) groups is 3. The van der Waals surface area contributed by atoms with Gasteiger partial charge in [0.25, 0.3) is 11.8 Å². The summed E-state index contributed by atoms with van der Waals surface area (Å²) in [5, 5.41) is 7.42. The van der Waals surface area contributed by atoms with Crippen LogP contribution in [0, 0.1) is 12.7 Å². The third-order valence-electron chi connectivity index (χ3n) is 6.12. The highest BCUT2D eigenvalue weighted by Crippen LogP contribution is 2.30. The first kappa shape index (κ1) is 24.7. The van der Waals surface area contributed by atoms with Crippen LogP contribution in [0.5, 0.6) is 0 Å². The highest BCUT2D eigenvalue weighted by molar-refractivity contribution is 7.12. The van der Waals surface area contributed by atoms with Crippen molar-refractivity contribution in [2.45, 2.75) is 51.1 Å². The van der Waals surface area contributed by atoms with E-state index in [4.69, 9.17) is 4.42 Å². The van der Waals surface area contributed by atoms with Crippen LogP contribution in [-0.2, 0) is 9.59 Å². The highest BCUT2D eigenvalue weighted by Gasteiger charge is 2.36. The van der Waals surface area contributed by atoms with E-state index in [0.717, 1.165) is 32.1 Å². The zero-order valence-electron chi connectivity index (χ0n) is 19.5. The normalized spacial score (nSPS) is 14.8. The predicted molar refractivity (Wildman–Crippen MR) is 132 cm³/mol. The van der Waals surface area contributed by atoms with E-state index in [9.17, 15) is 18.8 Å². The van der Waals surface area contributed by atoms with Gasteiger partial charge >= 0.3 is 0 Å². The minimum absolute atomic E-state index is 0.000973. The van der Waals surface area contributed by atoms with Crippen molar-refractivity contribution in [1.82, 2.24) is 10.6 Å². The van der Waals surface area contributed by atoms with Crippen LogP contribution in [0.4, 0.5) is 10.1 Å². The van der Waals surface area contributed by atoms with Crippen LogP contribution in [0.3, 0.4) is 0 Å². The van der Waals surface area contributed by atoms with Crippen molar-refractivity contribution >= 4 is 34.7 Å². The van der Waals surface area contributed by atoms with E-state index in [-0.39, 0.29) is 24.0 Å². The smallest absolute Gasteiger partial charge is 0.261 e. The molecule has 1 aromatic carbocycles. The number of hydrogen-bond donors (Lipinski definition) is 2. The van der Waals surface area contributed by atoms with Crippen LogP contribution < -0.4 is 15.5 Å². The number of thiophene rings is 1. The molecule has 1 unspecified atom stereocenters. The van der Waals surface area contributed by atoms with E-state index in [1.165, 1.54) is 28.6 Å². The Labute approximate surface area is 207 Å². The molecule has 4 rings (SSSR count). The molecule has 2 heterocycles. The van der Waals surface area contributed by atoms with Crippen LogP contribution >= 0.6 is 11.3 Å². The Hall–Kier alpha value is -3.46. The molecule has 1 aliphatic carbocycles. The molecule has 2 aromatic heterocycles. The Morgan fingerprint density at radius 3 is 2.60 bits per heavy atom. The second kappa shape index (κ2) is 11.3. The SMILES string of the molecule is Cc1ccc(N(C(=O)CNC(=O)c2cccs2)C(C(=O)NC2CCCCC2)c2ccco2)cc1F. The predicted octanol–water partition coefficient (Wildman–Crippen LogP) is 4.74. The van der Waals surface area contributed by atoms with E-state index in [1.54, 1.807) is 48.7 Å². The van der Waals surface area contributed by atoms with Gasteiger partial charge in [0.1, 0.15) is 11.6 Å². The summed E-state index contributed by atoms with van der Waals surface area (Å²) in [6.45, 7) is 1.24. The fourth-order valence-corrected chi connectivity index (χ4v) is 4.89. The van der Waals surface area contributed by atoms with Gasteiger partial charge in [0.05, 0.1) is 17.7 Å². The van der Waals surface area contributed by atoms with E-state index in [2.05, 4.69) is 10.6 Å². The lowest BCUT2D eigenvalue weighted by molar-refractivity contribution is -0.127. The molecule has 7 nitrogen and oxygen atoms in total. The summed E-state index contributed by atoms with van der Waals surface area (Å²) in [4.78, 5) is 41.2. The lowest BCUT2D eigenvalue weighted by Crippen LogP contribution is -2.49. The number of halogens is 1. The average Bonchev–Trinajstić information content (AvgIpc) is 3.58. The van der Waals surface area contributed by atoms with Crippen molar-refractivity contribution in [3.05, 3.63) is 76.1 Å². The monoisotopic (exact) mass is 497 g/mol. The van der Waals surface area contributed by atoms with Crippen molar-refractivity contribution in [2.75, 3.05) is 11.4 Å². The maximum absolute atomic E-state index is 14.6. The third kappa shape index (κ3) is 5.97. The van der Waals surface area contributed by atoms with Crippen molar-refractivity contribution in [2.24, 2.45) is 0 Å². The minimum atomic E-state index is -1.17. The van der Waals surface area contributed by atoms with Crippen LogP contribution in [0.25, 0.3) is 0 Å². The Bertz CT molecular complexity index is 1160. The quantitative estimate of drug-likeness (QED) is 0.470. The molecule has 3 amide bonds. The number of anilines is 1. The third-order valence-corrected chi connectivity index (χ3v) is 6.99. The molecule has 9 heteroatoms. The molecule has 0 spiro atoms. The minimum Gasteiger partial charge on any atom is -0.467 e. The zero-order chi connectivity index (χ0) is 24.8. The Kier molecular flexibility index (Phi) is 7.97. The summed E-state index contributed by atoms with van der Waals surface area (Å²) in [5.41, 5.74) is 0.608. The number of furan rings is 1. The van der Waals surface area contributed by atoms with Gasteiger partial charge in [0.2, 0.25) is 5.91 Å². The molecule has 1 fully saturated rings. The van der Waals surface area contributed by atoms with Crippen molar-refractivity contribution in [3.8, 4) is 0 Å². The molecule has 3 aromatic rings. The highest BCUT2D eigenvalue weighted by atomic mass is 32.1. The van der Waals surface area contributed by atoms with Gasteiger partial charge in [-0.3, -0.25) is 19.3 Å². The second-order valence-electron chi connectivity index (χ2n) is 8.62. The maximum atomic E-state index is 14.6. The number of nitrogens with zero attached hydrogens (tertiary/aromatic N) is 1. The first-order chi connectivity index (χ1) is 16.9. The van der Waals surface area contributed by atoms with Gasteiger partial charge in [-0.1, -0.05) is 31.4 Å². The van der Waals surface area contributed by atoms with Gasteiger partial charge < -0.3 is 15.1 Å². The molecule has 35 heavy (non-hydrogen) atoms. The van der Waals surface area contributed by atoms with Crippen LogP contribution in [0.15, 0.2) is 58.5 Å². The number of carbonyl (C=O) groups excluding carboxylic acids is 3. The summed E-state index contributed by atoms with van der Waals surface area (Å²) in [6, 6.07) is 9.82. The summed E-state index contributed by atoms with van der Waals surface area (Å²) < 4.78 is 20.1. The molecule has 0 radical (unpaired) electrons. The molecule has 1 saturated carbocycles. The Morgan fingerprint density at radius 1 is 1.14 bits per heavy atom. The second-order valence-corrected chi connectivity index (χ2v) is 9.57. The Balaban J connectivity index is 1.65. The molecule has 2 N–H and O–H groups in total. The number of aryl methyl sites for hydroxylation is 1. The first-order valence-corrected chi connectivity index (χ1v) is 12.6. The van der Waals surface area contributed by atoms with Gasteiger partial charge in [-0.05, 0) is 61.0 Å². The van der Waals surface area contributed by atoms with Crippen molar-refractivity contribution in [3.63, 3.8) is 0 Å². The van der Waals surface area contributed by atoms with Crippen molar-refractivity contribution < 1.29 is 23.2 Å². The van der Waals surface area contributed by atoms with Crippen LogP contribution in [0.2, 0.25) is 0 Å². The number of hydrogen-bond acceptors (Lipinski definition) is 5. The van der Waals surface area contributed by atoms with E-state index >= 15 is 0 Å². The summed E-state index contributed by atoms with van der Waals surface area (Å²) in [6.07, 6.45) is 6.33. The number of rotatable bonds is 8. The fourth-order valence-electron chi connectivity index (χ4n) is 4.25. The van der Waals surface area contributed by atoms with Crippen molar-refractivity contribution in [1.29, 1.82) is 0 Å². The van der Waals surface area contributed by atoms with Gasteiger partial charge in [-0.15, -0.1) is 11.3 Å². The zero-order valence-corrected chi connectivity index (χ0v) is 20.3. The van der Waals surface area contributed by atoms with Crippen LogP contribution in [0.1, 0.15) is 59.1 Å². The number of amides is 3. The lowest BCUT2D eigenvalue weighted by atomic mass is 9.95. The van der Waals surface area contributed by atoms with Crippen LogP contribution in [-0.4, -0.2) is 30.3 Å². The number of nitrogens with one attached hydrogen (secondary N) is 2. The fraction of sp³-hybridized carbons (Fsp3) is 0.346. The van der Waals surface area contributed by atoms with Gasteiger partial charge in [0.15, 0.2) is 6.04 Å². The summed E-state index contributed by atoms with van der Waals surface area (Å²) in [7, 11) is 0. The maximum Gasteiger partial charge on any atom is 0.261 e. The standard InChI is InChI=1S/C26H28FN3O4S/c1-17-11-12-19(15-20(17)27)30(23(31)16-28-25(32)22-10-6-14-35-22)24(21-9-5-13-34-21)26(33)29-18-7-3-2-4-8-18/h5-6,9-15,18,24H,2-4,7-8,16H2,1H3,(H,28,32)(H,29,33). The molecular weight excluding hydrogens is 469 g/mol. The van der Waals surface area contributed by atoms with Gasteiger partial charge in [-0.2, -0.15) is 0 Å². The van der Waals surface area contributed by atoms with E-state index in [1.807, 2.05) is 0 Å². The molecule has 0 bridgehead atoms. The topological polar surface area (TPSA) is 91.7 Å². The van der Waals surface area contributed by atoms with E-state index in [0.29, 0.717) is 10.4 Å². The molecule has 0 aliphatic heterocycles. The molecule has 1 aliphatic rings. The molecule has 0 saturated heterocycles. The molecular formula is C26H28FN3O4S. The summed E-state index contributed by atoms with van der Waals surface area (Å²) >= 11 is 1.25. The number of benzene rings is 1. The summed E-state index contributed by atoms with van der Waals surface area (Å²) in [5.74, 6) is -1.64. The molecule has 1 atom stereocenters. The first-order valence-electron chi connectivity index (χ1n) is 11.7. The average molecular weight is 498 g/mol. The van der Waals surface area contributed by atoms with Gasteiger partial charge in [-0.25, -0.2) is 4.39 Å². The molecule has 184 valence electrons. The van der Waals surface area contributed by atoms with E-state index < -0.39 is 29.6 Å². The van der Waals surface area contributed by atoms with Gasteiger partial charge in [0, 0.05) is 11.7 Å². The lowest BCUT2D eigenvalue weighted by Gasteiger charge is -2.32. The Morgan fingerprint density at radius 2 is 1.94 bits per heavy atom.